The number of carbonyl (C=O) groups excluding carboxylic acids is 2. The second kappa shape index (κ2) is 8.36. The molecule has 0 bridgehead atoms. The molecule has 1 fully saturated rings. The molecule has 2 amide bonds. The molecule has 2 rings (SSSR count). The molecule has 142 valence electrons. The van der Waals surface area contributed by atoms with E-state index in [0.29, 0.717) is 11.1 Å². The first-order chi connectivity index (χ1) is 12.8. The number of hydrogen-bond donors (Lipinski definition) is 2. The number of carboxylic acid groups (broad SMARTS) is 1. The van der Waals surface area contributed by atoms with Gasteiger partial charge in [0.05, 0.1) is 11.6 Å². The molecule has 1 aromatic carbocycles. The maximum absolute atomic E-state index is 12.5. The Balaban J connectivity index is 2.37. The number of benzene rings is 1. The van der Waals surface area contributed by atoms with Gasteiger partial charge in [-0.1, -0.05) is 24.8 Å². The predicted molar refractivity (Wildman–Crippen MR) is 95.7 cm³/mol. The summed E-state index contributed by atoms with van der Waals surface area (Å²) in [5, 5.41) is 21.6. The smallest absolute Gasteiger partial charge is 0.411 e. The van der Waals surface area contributed by atoms with Gasteiger partial charge in [0.2, 0.25) is 5.91 Å². The molecule has 1 aliphatic rings. The predicted octanol–water partition coefficient (Wildman–Crippen LogP) is 1.46. The van der Waals surface area contributed by atoms with Crippen LogP contribution in [0.5, 0.6) is 0 Å². The van der Waals surface area contributed by atoms with Gasteiger partial charge in [0.1, 0.15) is 12.1 Å². The van der Waals surface area contributed by atoms with Crippen molar-refractivity contribution in [1.82, 2.24) is 10.2 Å². The molecule has 2 N–H and O–H groups in total. The number of nitrogens with zero attached hydrogens (tertiary/aromatic N) is 2. The summed E-state index contributed by atoms with van der Waals surface area (Å²) < 4.78 is 5.06. The summed E-state index contributed by atoms with van der Waals surface area (Å²) in [5.41, 5.74) is -0.464. The highest BCUT2D eigenvalue weighted by Crippen LogP contribution is 2.34. The molecule has 1 aliphatic heterocycles. The zero-order valence-corrected chi connectivity index (χ0v) is 15.0. The minimum atomic E-state index is -1.57. The average molecular weight is 371 g/mol. The lowest BCUT2D eigenvalue weighted by molar-refractivity contribution is -0.148. The van der Waals surface area contributed by atoms with Crippen LogP contribution >= 0.6 is 0 Å². The summed E-state index contributed by atoms with van der Waals surface area (Å²) in [6.45, 7) is 4.79. The standard InChI is InChI=1S/C19H21N3O5/c1-3-8-27-18(26)22-12-16(21-13(2)23)10-19(22,17(24)25)9-14-4-6-15(11-20)7-5-14/h3-7,16H,1,8-10,12H2,2H3,(H,21,23)(H,24,25)/t16-,19-/m0/s1. The Morgan fingerprint density at radius 1 is 1.44 bits per heavy atom. The van der Waals surface area contributed by atoms with Crippen LogP contribution in [0.2, 0.25) is 0 Å². The summed E-state index contributed by atoms with van der Waals surface area (Å²) in [4.78, 5) is 37.3. The maximum Gasteiger partial charge on any atom is 0.411 e. The van der Waals surface area contributed by atoms with E-state index in [1.54, 1.807) is 24.3 Å². The number of amides is 2. The largest absolute Gasteiger partial charge is 0.479 e. The third kappa shape index (κ3) is 4.44. The second-order valence-electron chi connectivity index (χ2n) is 6.40. The molecule has 8 nitrogen and oxygen atoms in total. The van der Waals surface area contributed by atoms with E-state index in [4.69, 9.17) is 10.00 Å². The number of nitriles is 1. The van der Waals surface area contributed by atoms with Crippen molar-refractivity contribution in [3.05, 3.63) is 48.0 Å². The molecule has 2 atom stereocenters. The van der Waals surface area contributed by atoms with Crippen molar-refractivity contribution in [2.45, 2.75) is 31.3 Å². The minimum absolute atomic E-state index is 0.0211. The third-order valence-electron chi connectivity index (χ3n) is 4.43. The van der Waals surface area contributed by atoms with Gasteiger partial charge < -0.3 is 15.2 Å². The molecule has 8 heteroatoms. The molecule has 0 aliphatic carbocycles. The Bertz CT molecular complexity index is 784. The maximum atomic E-state index is 12.5. The molecule has 0 radical (unpaired) electrons. The lowest BCUT2D eigenvalue weighted by Crippen LogP contribution is -2.54. The first kappa shape index (κ1) is 20.0. The Labute approximate surface area is 157 Å². The minimum Gasteiger partial charge on any atom is -0.479 e. The van der Waals surface area contributed by atoms with Crippen LogP contribution in [-0.2, 0) is 20.7 Å². The molecular formula is C19H21N3O5. The van der Waals surface area contributed by atoms with Crippen molar-refractivity contribution in [1.29, 1.82) is 5.26 Å². The fourth-order valence-corrected chi connectivity index (χ4v) is 3.30. The van der Waals surface area contributed by atoms with Gasteiger partial charge in [-0.15, -0.1) is 0 Å². The molecule has 0 aromatic heterocycles. The second-order valence-corrected chi connectivity index (χ2v) is 6.40. The lowest BCUT2D eigenvalue weighted by Gasteiger charge is -2.33. The van der Waals surface area contributed by atoms with Crippen LogP contribution in [0.4, 0.5) is 4.79 Å². The quantitative estimate of drug-likeness (QED) is 0.731. The first-order valence-electron chi connectivity index (χ1n) is 8.37. The molecular weight excluding hydrogens is 350 g/mol. The lowest BCUT2D eigenvalue weighted by atomic mass is 9.87. The Morgan fingerprint density at radius 2 is 2.11 bits per heavy atom. The van der Waals surface area contributed by atoms with Gasteiger partial charge in [0.15, 0.2) is 0 Å². The van der Waals surface area contributed by atoms with E-state index < -0.39 is 23.6 Å². The number of carboxylic acids is 1. The van der Waals surface area contributed by atoms with E-state index in [2.05, 4.69) is 11.9 Å². The van der Waals surface area contributed by atoms with Crippen LogP contribution in [0, 0.1) is 11.3 Å². The first-order valence-corrected chi connectivity index (χ1v) is 8.37. The highest BCUT2D eigenvalue weighted by molar-refractivity contribution is 5.86. The molecule has 1 aromatic rings. The van der Waals surface area contributed by atoms with E-state index >= 15 is 0 Å². The van der Waals surface area contributed by atoms with Crippen LogP contribution in [-0.4, -0.2) is 52.7 Å². The molecule has 1 saturated heterocycles. The van der Waals surface area contributed by atoms with Gasteiger partial charge in [0.25, 0.3) is 0 Å². The van der Waals surface area contributed by atoms with Crippen LogP contribution in [0.1, 0.15) is 24.5 Å². The van der Waals surface area contributed by atoms with E-state index in [1.807, 2.05) is 6.07 Å². The number of likely N-dealkylation sites (tertiary alicyclic amines) is 1. The van der Waals surface area contributed by atoms with Gasteiger partial charge in [0, 0.05) is 32.4 Å². The summed E-state index contributed by atoms with van der Waals surface area (Å²) in [5.74, 6) is -1.49. The van der Waals surface area contributed by atoms with Crippen molar-refractivity contribution >= 4 is 18.0 Å². The van der Waals surface area contributed by atoms with E-state index in [-0.39, 0.29) is 31.9 Å². The Hall–Kier alpha value is -3.34. The van der Waals surface area contributed by atoms with Crippen molar-refractivity contribution in [3.8, 4) is 6.07 Å². The molecule has 0 spiro atoms. The topological polar surface area (TPSA) is 120 Å². The van der Waals surface area contributed by atoms with Crippen molar-refractivity contribution < 1.29 is 24.2 Å². The normalized spacial score (nSPS) is 21.2. The third-order valence-corrected chi connectivity index (χ3v) is 4.43. The number of ether oxygens (including phenoxy) is 1. The zero-order chi connectivity index (χ0) is 20.0. The van der Waals surface area contributed by atoms with E-state index in [0.717, 1.165) is 4.90 Å². The van der Waals surface area contributed by atoms with Crippen molar-refractivity contribution in [3.63, 3.8) is 0 Å². The average Bonchev–Trinajstić information content (AvgIpc) is 2.99. The highest BCUT2D eigenvalue weighted by Gasteiger charge is 2.54. The fraction of sp³-hybridized carbons (Fsp3) is 0.368. The van der Waals surface area contributed by atoms with Gasteiger partial charge in [-0.2, -0.15) is 5.26 Å². The number of aliphatic carboxylic acids is 1. The van der Waals surface area contributed by atoms with Gasteiger partial charge in [-0.3, -0.25) is 9.69 Å². The summed E-state index contributed by atoms with van der Waals surface area (Å²) >= 11 is 0. The number of nitrogens with one attached hydrogen (secondary N) is 1. The summed E-state index contributed by atoms with van der Waals surface area (Å²) in [7, 11) is 0. The van der Waals surface area contributed by atoms with E-state index in [1.165, 1.54) is 13.0 Å². The number of carbonyl (C=O) groups is 3. The van der Waals surface area contributed by atoms with Gasteiger partial charge in [-0.05, 0) is 17.7 Å². The van der Waals surface area contributed by atoms with Gasteiger partial charge >= 0.3 is 12.1 Å². The molecule has 0 unspecified atom stereocenters. The van der Waals surface area contributed by atoms with Crippen LogP contribution in [0.15, 0.2) is 36.9 Å². The van der Waals surface area contributed by atoms with Gasteiger partial charge in [-0.25, -0.2) is 9.59 Å². The SMILES string of the molecule is C=CCOC(=O)N1C[C@@H](NC(C)=O)C[C@@]1(Cc1ccc(C#N)cc1)C(=O)O. The monoisotopic (exact) mass is 371 g/mol. The molecule has 0 saturated carbocycles. The van der Waals surface area contributed by atoms with Crippen LogP contribution in [0.3, 0.4) is 0 Å². The highest BCUT2D eigenvalue weighted by atomic mass is 16.6. The van der Waals surface area contributed by atoms with Crippen molar-refractivity contribution in [2.24, 2.45) is 0 Å². The molecule has 27 heavy (non-hydrogen) atoms. The van der Waals surface area contributed by atoms with E-state index in [9.17, 15) is 19.5 Å². The number of hydrogen-bond acceptors (Lipinski definition) is 5. The molecule has 1 heterocycles. The van der Waals surface area contributed by atoms with Crippen molar-refractivity contribution in [2.75, 3.05) is 13.2 Å². The number of rotatable bonds is 6. The van der Waals surface area contributed by atoms with Crippen LogP contribution < -0.4 is 5.32 Å². The summed E-state index contributed by atoms with van der Waals surface area (Å²) in [6.07, 6.45) is 0.680. The fourth-order valence-electron chi connectivity index (χ4n) is 3.30. The Morgan fingerprint density at radius 3 is 2.63 bits per heavy atom. The van der Waals surface area contributed by atoms with Crippen LogP contribution in [0.25, 0.3) is 0 Å². The summed E-state index contributed by atoms with van der Waals surface area (Å²) in [6, 6.07) is 7.98. The zero-order valence-electron chi connectivity index (χ0n) is 15.0. The Kier molecular flexibility index (Phi) is 6.19.